The number of nitrogens with one attached hydrogen (secondary N) is 1. The smallest absolute Gasteiger partial charge is 0.257 e. The second kappa shape index (κ2) is 8.06. The minimum Gasteiger partial charge on any atom is -0.353 e. The Bertz CT molecular complexity index is 773. The Morgan fingerprint density at radius 1 is 1.04 bits per heavy atom. The number of anilines is 1. The van der Waals surface area contributed by atoms with Gasteiger partial charge in [0.25, 0.3) is 5.91 Å². The number of aromatic nitrogens is 1. The standard InChI is InChI=1S/C21H27N5O/c1-24-12-14-25(15-13-24)21(27)18-8-5-9-23-20(18)26-11-10-22-19(16-26)17-6-3-2-4-7-17/h2-9,19,22H,10-16H2,1H3. The highest BCUT2D eigenvalue weighted by Crippen LogP contribution is 2.25. The summed E-state index contributed by atoms with van der Waals surface area (Å²) in [7, 11) is 2.10. The first kappa shape index (κ1) is 17.9. The van der Waals surface area contributed by atoms with E-state index in [1.54, 1.807) is 6.20 Å². The van der Waals surface area contributed by atoms with Crippen LogP contribution in [0, 0.1) is 0 Å². The van der Waals surface area contributed by atoms with Crippen molar-refractivity contribution in [2.24, 2.45) is 0 Å². The summed E-state index contributed by atoms with van der Waals surface area (Å²) in [5, 5.41) is 3.58. The third-order valence-electron chi connectivity index (χ3n) is 5.48. The maximum atomic E-state index is 13.1. The fourth-order valence-electron chi connectivity index (χ4n) is 3.85. The predicted octanol–water partition coefficient (Wildman–Crippen LogP) is 1.62. The van der Waals surface area contributed by atoms with Gasteiger partial charge in [-0.15, -0.1) is 0 Å². The van der Waals surface area contributed by atoms with Gasteiger partial charge in [0.15, 0.2) is 0 Å². The van der Waals surface area contributed by atoms with Crippen molar-refractivity contribution in [3.63, 3.8) is 0 Å². The largest absolute Gasteiger partial charge is 0.353 e. The number of amides is 1. The van der Waals surface area contributed by atoms with Crippen LogP contribution in [0.2, 0.25) is 0 Å². The van der Waals surface area contributed by atoms with Crippen LogP contribution >= 0.6 is 0 Å². The summed E-state index contributed by atoms with van der Waals surface area (Å²) in [4.78, 5) is 24.2. The van der Waals surface area contributed by atoms with Crippen LogP contribution in [0.4, 0.5) is 5.82 Å². The van der Waals surface area contributed by atoms with E-state index in [0.717, 1.165) is 57.2 Å². The van der Waals surface area contributed by atoms with E-state index in [1.165, 1.54) is 5.56 Å². The first-order valence-electron chi connectivity index (χ1n) is 9.68. The molecule has 27 heavy (non-hydrogen) atoms. The molecule has 6 nitrogen and oxygen atoms in total. The second-order valence-electron chi connectivity index (χ2n) is 7.33. The molecule has 6 heteroatoms. The van der Waals surface area contributed by atoms with Gasteiger partial charge in [-0.3, -0.25) is 4.79 Å². The molecule has 1 unspecified atom stereocenters. The van der Waals surface area contributed by atoms with Crippen LogP contribution in [0.1, 0.15) is 22.0 Å². The van der Waals surface area contributed by atoms with Gasteiger partial charge in [0.2, 0.25) is 0 Å². The van der Waals surface area contributed by atoms with E-state index in [-0.39, 0.29) is 11.9 Å². The fourth-order valence-corrected chi connectivity index (χ4v) is 3.85. The van der Waals surface area contributed by atoms with Crippen molar-refractivity contribution in [1.82, 2.24) is 20.1 Å². The van der Waals surface area contributed by atoms with Crippen LogP contribution in [-0.2, 0) is 0 Å². The molecule has 2 saturated heterocycles. The number of carbonyl (C=O) groups is 1. The lowest BCUT2D eigenvalue weighted by atomic mass is 10.0. The van der Waals surface area contributed by atoms with E-state index in [0.29, 0.717) is 0 Å². The first-order chi connectivity index (χ1) is 13.2. The molecule has 0 aliphatic carbocycles. The molecule has 2 fully saturated rings. The van der Waals surface area contributed by atoms with E-state index in [1.807, 2.05) is 23.1 Å². The Morgan fingerprint density at radius 2 is 1.81 bits per heavy atom. The summed E-state index contributed by atoms with van der Waals surface area (Å²) >= 11 is 0. The average molecular weight is 365 g/mol. The highest BCUT2D eigenvalue weighted by molar-refractivity contribution is 5.99. The van der Waals surface area contributed by atoms with Crippen LogP contribution < -0.4 is 10.2 Å². The number of hydrogen-bond acceptors (Lipinski definition) is 5. The zero-order valence-corrected chi connectivity index (χ0v) is 15.8. The van der Waals surface area contributed by atoms with Gasteiger partial charge in [-0.05, 0) is 24.7 Å². The fraction of sp³-hybridized carbons (Fsp3) is 0.429. The van der Waals surface area contributed by atoms with E-state index in [9.17, 15) is 4.79 Å². The zero-order valence-electron chi connectivity index (χ0n) is 15.8. The number of piperazine rings is 2. The van der Waals surface area contributed by atoms with E-state index >= 15 is 0 Å². The van der Waals surface area contributed by atoms with Crippen LogP contribution in [-0.4, -0.2) is 73.6 Å². The van der Waals surface area contributed by atoms with Crippen molar-refractivity contribution in [2.75, 3.05) is 57.8 Å². The van der Waals surface area contributed by atoms with Gasteiger partial charge in [-0.1, -0.05) is 30.3 Å². The molecule has 1 atom stereocenters. The Kier molecular flexibility index (Phi) is 5.36. The number of carbonyl (C=O) groups excluding carboxylic acids is 1. The first-order valence-corrected chi connectivity index (χ1v) is 9.68. The van der Waals surface area contributed by atoms with Crippen molar-refractivity contribution in [3.8, 4) is 0 Å². The molecule has 0 bridgehead atoms. The third-order valence-corrected chi connectivity index (χ3v) is 5.48. The normalized spacial score (nSPS) is 21.3. The summed E-state index contributed by atoms with van der Waals surface area (Å²) in [6.07, 6.45) is 1.79. The SMILES string of the molecule is CN1CCN(C(=O)c2cccnc2N2CCNC(c3ccccc3)C2)CC1. The van der Waals surface area contributed by atoms with Gasteiger partial charge in [-0.2, -0.15) is 0 Å². The Balaban J connectivity index is 1.54. The molecule has 142 valence electrons. The monoisotopic (exact) mass is 365 g/mol. The van der Waals surface area contributed by atoms with Crippen LogP contribution in [0.3, 0.4) is 0 Å². The molecular weight excluding hydrogens is 338 g/mol. The van der Waals surface area contributed by atoms with E-state index in [4.69, 9.17) is 0 Å². The van der Waals surface area contributed by atoms with Gasteiger partial charge in [0, 0.05) is 58.1 Å². The topological polar surface area (TPSA) is 51.7 Å². The Labute approximate surface area is 160 Å². The molecule has 0 spiro atoms. The number of nitrogens with zero attached hydrogens (tertiary/aromatic N) is 4. The minimum atomic E-state index is 0.0981. The third kappa shape index (κ3) is 3.96. The molecule has 2 aliphatic rings. The lowest BCUT2D eigenvalue weighted by molar-refractivity contribution is 0.0664. The molecule has 4 rings (SSSR count). The van der Waals surface area contributed by atoms with Gasteiger partial charge in [0.1, 0.15) is 5.82 Å². The van der Waals surface area contributed by atoms with E-state index < -0.39 is 0 Å². The lowest BCUT2D eigenvalue weighted by Crippen LogP contribution is -2.49. The molecule has 0 radical (unpaired) electrons. The summed E-state index contributed by atoms with van der Waals surface area (Å²) in [5.41, 5.74) is 1.99. The summed E-state index contributed by atoms with van der Waals surface area (Å²) in [6, 6.07) is 14.5. The van der Waals surface area contributed by atoms with Gasteiger partial charge >= 0.3 is 0 Å². The molecule has 1 amide bonds. The predicted molar refractivity (Wildman–Crippen MR) is 107 cm³/mol. The average Bonchev–Trinajstić information content (AvgIpc) is 2.74. The van der Waals surface area contributed by atoms with Crippen LogP contribution in [0.15, 0.2) is 48.7 Å². The summed E-state index contributed by atoms with van der Waals surface area (Å²) < 4.78 is 0. The number of rotatable bonds is 3. The van der Waals surface area contributed by atoms with Crippen molar-refractivity contribution in [3.05, 3.63) is 59.8 Å². The zero-order chi connectivity index (χ0) is 18.6. The number of hydrogen-bond donors (Lipinski definition) is 1. The van der Waals surface area contributed by atoms with Crippen molar-refractivity contribution < 1.29 is 4.79 Å². The molecule has 1 aromatic heterocycles. The van der Waals surface area contributed by atoms with Crippen molar-refractivity contribution >= 4 is 11.7 Å². The van der Waals surface area contributed by atoms with Crippen molar-refractivity contribution in [2.45, 2.75) is 6.04 Å². The maximum Gasteiger partial charge on any atom is 0.257 e. The summed E-state index contributed by atoms with van der Waals surface area (Å²) in [5.74, 6) is 0.907. The van der Waals surface area contributed by atoms with Gasteiger partial charge < -0.3 is 20.0 Å². The van der Waals surface area contributed by atoms with Crippen LogP contribution in [0.5, 0.6) is 0 Å². The quantitative estimate of drug-likeness (QED) is 0.896. The number of likely N-dealkylation sites (N-methyl/N-ethyl adjacent to an activating group) is 1. The van der Waals surface area contributed by atoms with Crippen molar-refractivity contribution in [1.29, 1.82) is 0 Å². The van der Waals surface area contributed by atoms with Crippen LogP contribution in [0.25, 0.3) is 0 Å². The van der Waals surface area contributed by atoms with Gasteiger partial charge in [-0.25, -0.2) is 4.98 Å². The molecule has 1 N–H and O–H groups in total. The van der Waals surface area contributed by atoms with Gasteiger partial charge in [0.05, 0.1) is 5.56 Å². The lowest BCUT2D eigenvalue weighted by Gasteiger charge is -2.37. The summed E-state index contributed by atoms with van der Waals surface area (Å²) in [6.45, 7) is 5.93. The molecule has 0 saturated carbocycles. The number of benzene rings is 1. The Hall–Kier alpha value is -2.44. The molecule has 1 aromatic carbocycles. The highest BCUT2D eigenvalue weighted by atomic mass is 16.2. The molecule has 3 heterocycles. The molecule has 2 aromatic rings. The molecular formula is C21H27N5O. The molecule has 2 aliphatic heterocycles. The maximum absolute atomic E-state index is 13.1. The second-order valence-corrected chi connectivity index (χ2v) is 7.33. The Morgan fingerprint density at radius 3 is 2.59 bits per heavy atom. The highest BCUT2D eigenvalue weighted by Gasteiger charge is 2.28. The van der Waals surface area contributed by atoms with E-state index in [2.05, 4.69) is 51.4 Å². The number of pyridine rings is 1. The minimum absolute atomic E-state index is 0.0981.